The number of hydrogen-bond acceptors (Lipinski definition) is 14. The van der Waals surface area contributed by atoms with Crippen molar-refractivity contribution >= 4 is 20.1 Å². The van der Waals surface area contributed by atoms with Gasteiger partial charge in [0, 0.05) is 31.0 Å². The van der Waals surface area contributed by atoms with Crippen LogP contribution in [0.2, 0.25) is 0 Å². The number of rotatable bonds is 22. The highest BCUT2D eigenvalue weighted by molar-refractivity contribution is 7.51. The zero-order valence-electron chi connectivity index (χ0n) is 38.0. The summed E-state index contributed by atoms with van der Waals surface area (Å²) >= 11 is 0. The Labute approximate surface area is 372 Å². The quantitative estimate of drug-likeness (QED) is 0.0364. The van der Waals surface area contributed by atoms with Gasteiger partial charge in [0.25, 0.3) is 0 Å². The summed E-state index contributed by atoms with van der Waals surface area (Å²) in [4.78, 5) is 31.7. The lowest BCUT2D eigenvalue weighted by atomic mass is 9.80. The lowest BCUT2D eigenvalue weighted by Gasteiger charge is -2.40. The molecule has 1 aromatic heterocycles. The van der Waals surface area contributed by atoms with Crippen molar-refractivity contribution in [2.45, 2.75) is 103 Å². The van der Waals surface area contributed by atoms with Crippen molar-refractivity contribution in [2.75, 3.05) is 53.0 Å². The maximum atomic E-state index is 13.9. The highest BCUT2D eigenvalue weighted by Crippen LogP contribution is 2.51. The Kier molecular flexibility index (Phi) is 17.3. The maximum absolute atomic E-state index is 13.9. The van der Waals surface area contributed by atoms with E-state index in [-0.39, 0.29) is 50.3 Å². The smallest absolute Gasteiger partial charge is 0.351 e. The number of nitrogens with zero attached hydrogens (tertiary/aromatic N) is 4. The standard InChI is InChI=1S/C47H62N5O10P/c1-31(2)52(32(3)4)63(30-40(53)61-46(6,7)24-25-48)62-41-39(60-44(42(41)58-27-26-55-8)51-28-33(5)43(49)50-45(51)54)29-59-47(34-14-12-11-13-15-34,35-16-20-37(56-9)21-17-35)36-18-22-38(57-10)23-19-36/h11-23,28,31-32,39,41-42,44H,24,26-27,29-30H2,1-10H3,(H2,49,50,54)/t39-,41?,42?,44-,63?/m1/s1. The number of carbonyl (C=O) groups excluding carboxylic acids is 1. The Hall–Kier alpha value is -4.91. The van der Waals surface area contributed by atoms with Gasteiger partial charge in [-0.25, -0.2) is 4.79 Å². The molecule has 1 aliphatic rings. The van der Waals surface area contributed by atoms with Crippen LogP contribution in [0.1, 0.15) is 76.4 Å². The fraction of sp³-hybridized carbons (Fsp3) is 0.489. The summed E-state index contributed by atoms with van der Waals surface area (Å²) in [6.07, 6.45) is -2.39. The van der Waals surface area contributed by atoms with E-state index in [0.717, 1.165) is 16.7 Å². The van der Waals surface area contributed by atoms with Gasteiger partial charge >= 0.3 is 11.7 Å². The zero-order valence-corrected chi connectivity index (χ0v) is 38.9. The first-order valence-corrected chi connectivity index (χ1v) is 22.4. The average molecular weight is 888 g/mol. The van der Waals surface area contributed by atoms with E-state index in [1.54, 1.807) is 48.3 Å². The Balaban J connectivity index is 1.70. The predicted molar refractivity (Wildman–Crippen MR) is 241 cm³/mol. The maximum Gasteiger partial charge on any atom is 0.351 e. The molecular weight excluding hydrogens is 826 g/mol. The van der Waals surface area contributed by atoms with Gasteiger partial charge < -0.3 is 43.4 Å². The van der Waals surface area contributed by atoms with Gasteiger partial charge in [-0.1, -0.05) is 54.6 Å². The van der Waals surface area contributed by atoms with E-state index in [2.05, 4.69) is 15.7 Å². The normalized spacial score (nSPS) is 18.4. The summed E-state index contributed by atoms with van der Waals surface area (Å²) in [6.45, 7) is 13.5. The van der Waals surface area contributed by atoms with E-state index in [1.807, 2.05) is 107 Å². The summed E-state index contributed by atoms with van der Waals surface area (Å²) in [5.41, 5.74) is 6.17. The van der Waals surface area contributed by atoms with Gasteiger partial charge in [0.05, 0.1) is 46.5 Å². The lowest BCUT2D eigenvalue weighted by Crippen LogP contribution is -2.44. The third kappa shape index (κ3) is 11.8. The molecule has 1 saturated heterocycles. The molecule has 5 atom stereocenters. The third-order valence-corrected chi connectivity index (χ3v) is 13.1. The lowest BCUT2D eigenvalue weighted by molar-refractivity contribution is -0.152. The minimum absolute atomic E-state index is 0.0118. The first-order chi connectivity index (χ1) is 30.1. The van der Waals surface area contributed by atoms with Crippen LogP contribution in [0, 0.1) is 18.3 Å². The number of nitrogens with two attached hydrogens (primary N) is 1. The second kappa shape index (κ2) is 22.1. The Bertz CT molecular complexity index is 2120. The third-order valence-electron chi connectivity index (χ3n) is 10.7. The zero-order chi connectivity index (χ0) is 45.9. The van der Waals surface area contributed by atoms with Gasteiger partial charge in [-0.15, -0.1) is 0 Å². The van der Waals surface area contributed by atoms with Crippen molar-refractivity contribution in [1.29, 1.82) is 5.26 Å². The van der Waals surface area contributed by atoms with Crippen LogP contribution in [0.4, 0.5) is 5.82 Å². The number of hydrogen-bond donors (Lipinski definition) is 1. The monoisotopic (exact) mass is 887 g/mol. The Morgan fingerprint density at radius 2 is 1.48 bits per heavy atom. The molecule has 16 heteroatoms. The van der Waals surface area contributed by atoms with Gasteiger partial charge in [0.2, 0.25) is 0 Å². The molecule has 0 spiro atoms. The molecule has 15 nitrogen and oxygen atoms in total. The van der Waals surface area contributed by atoms with Crippen molar-refractivity contribution in [3.05, 3.63) is 118 Å². The van der Waals surface area contributed by atoms with Gasteiger partial charge in [0.1, 0.15) is 61.3 Å². The fourth-order valence-corrected chi connectivity index (χ4v) is 9.98. The molecule has 5 rings (SSSR count). The van der Waals surface area contributed by atoms with Gasteiger partial charge in [-0.2, -0.15) is 10.2 Å². The van der Waals surface area contributed by atoms with Gasteiger partial charge in [-0.3, -0.25) is 14.0 Å². The van der Waals surface area contributed by atoms with Crippen molar-refractivity contribution in [3.63, 3.8) is 0 Å². The van der Waals surface area contributed by atoms with Crippen molar-refractivity contribution in [2.24, 2.45) is 0 Å². The molecule has 4 aromatic rings. The number of nitrogen functional groups attached to an aromatic ring is 1. The molecular formula is C47H62N5O10P. The number of aromatic nitrogens is 2. The van der Waals surface area contributed by atoms with Crippen LogP contribution in [0.25, 0.3) is 0 Å². The minimum Gasteiger partial charge on any atom is -0.497 e. The summed E-state index contributed by atoms with van der Waals surface area (Å²) in [7, 11) is 3.00. The first kappa shape index (κ1) is 49.1. The number of carbonyl (C=O) groups is 1. The van der Waals surface area contributed by atoms with Crippen LogP contribution >= 0.6 is 8.30 Å². The van der Waals surface area contributed by atoms with Crippen LogP contribution < -0.4 is 20.9 Å². The molecule has 3 unspecified atom stereocenters. The van der Waals surface area contributed by atoms with E-state index in [9.17, 15) is 14.9 Å². The van der Waals surface area contributed by atoms with E-state index in [4.69, 9.17) is 43.4 Å². The Morgan fingerprint density at radius 3 is 2.00 bits per heavy atom. The highest BCUT2D eigenvalue weighted by Gasteiger charge is 2.51. The largest absolute Gasteiger partial charge is 0.497 e. The molecule has 1 aliphatic heterocycles. The van der Waals surface area contributed by atoms with Crippen LogP contribution in [-0.2, 0) is 38.6 Å². The molecule has 1 fully saturated rings. The summed E-state index contributed by atoms with van der Waals surface area (Å²) in [6, 6.07) is 27.2. The Morgan fingerprint density at radius 1 is 0.905 bits per heavy atom. The second-order valence-corrected chi connectivity index (χ2v) is 18.1. The van der Waals surface area contributed by atoms with Gasteiger partial charge in [-0.05, 0) is 89.4 Å². The number of ether oxygens (including phenoxy) is 7. The SMILES string of the molecule is COCCOC1C(OP(CC(=O)OC(C)(C)CC#N)N(C(C)C)C(C)C)[C@@H](COC(c2ccccc2)(c2ccc(OC)cc2)c2ccc(OC)cc2)O[C@H]1n1cc(C)c(N)nc1=O. The molecule has 3 aromatic carbocycles. The van der Waals surface area contributed by atoms with Crippen LogP contribution in [-0.4, -0.2) is 103 Å². The topological polar surface area (TPSA) is 179 Å². The van der Waals surface area contributed by atoms with Crippen LogP contribution in [0.15, 0.2) is 89.9 Å². The number of anilines is 1. The van der Waals surface area contributed by atoms with E-state index in [1.165, 1.54) is 4.57 Å². The summed E-state index contributed by atoms with van der Waals surface area (Å²) in [5, 5.41) is 9.45. The molecule has 0 amide bonds. The van der Waals surface area contributed by atoms with E-state index >= 15 is 0 Å². The molecule has 0 saturated carbocycles. The summed E-state index contributed by atoms with van der Waals surface area (Å²) < 4.78 is 54.1. The van der Waals surface area contributed by atoms with Crippen molar-refractivity contribution in [3.8, 4) is 17.6 Å². The van der Waals surface area contributed by atoms with Crippen molar-refractivity contribution in [1.82, 2.24) is 14.2 Å². The molecule has 2 N–H and O–H groups in total. The van der Waals surface area contributed by atoms with Gasteiger partial charge in [0.15, 0.2) is 6.23 Å². The number of methoxy groups -OCH3 is 3. The molecule has 340 valence electrons. The number of benzene rings is 3. The number of aryl methyl sites for hydroxylation is 1. The van der Waals surface area contributed by atoms with Crippen molar-refractivity contribution < 1.29 is 42.5 Å². The fourth-order valence-electron chi connectivity index (χ4n) is 7.78. The van der Waals surface area contributed by atoms with E-state index < -0.39 is 55.7 Å². The predicted octanol–water partition coefficient (Wildman–Crippen LogP) is 7.14. The second-order valence-electron chi connectivity index (χ2n) is 16.4. The summed E-state index contributed by atoms with van der Waals surface area (Å²) in [5.74, 6) is 0.908. The first-order valence-electron chi connectivity index (χ1n) is 21.0. The molecule has 0 radical (unpaired) electrons. The van der Waals surface area contributed by atoms with E-state index in [0.29, 0.717) is 17.1 Å². The average Bonchev–Trinajstić information content (AvgIpc) is 3.58. The van der Waals surface area contributed by atoms with Crippen LogP contribution in [0.3, 0.4) is 0 Å². The molecule has 0 bridgehead atoms. The van der Waals surface area contributed by atoms with Crippen LogP contribution in [0.5, 0.6) is 11.5 Å². The molecule has 63 heavy (non-hydrogen) atoms. The number of esters is 1. The minimum atomic E-state index is -1.80. The highest BCUT2D eigenvalue weighted by atomic mass is 31.2. The molecule has 2 heterocycles. The number of nitriles is 1. The molecule has 0 aliphatic carbocycles.